The topological polar surface area (TPSA) is 91.6 Å². The second kappa shape index (κ2) is 13.1. The van der Waals surface area contributed by atoms with Gasteiger partial charge in [0, 0.05) is 74.1 Å². The molecule has 1 saturated heterocycles. The molecule has 0 aliphatic carbocycles. The normalized spacial score (nSPS) is 14.5. The first-order valence-corrected chi connectivity index (χ1v) is 14.4. The highest BCUT2D eigenvalue weighted by Gasteiger charge is 2.28. The fraction of sp³-hybridized carbons (Fsp3) is 0.346. The van der Waals surface area contributed by atoms with Crippen molar-refractivity contribution in [2.24, 2.45) is 5.73 Å². The molecule has 4 rings (SSSR count). The standard InChI is InChI=1S/C26H29Cl2N5O2S2/c1-17(34)33(21-8-11-32(12-9-21)15-18-5-6-22(27)23(28)13-18)37-26-31-24(16-36-26)19-3-2-4-20(14-19)30-25(35)7-10-29/h2-6,13-14,16,21H,7-12,15,29H2,1H3,(H,30,35). The minimum Gasteiger partial charge on any atom is -0.330 e. The van der Waals surface area contributed by atoms with Crippen molar-refractivity contribution in [2.75, 3.05) is 25.0 Å². The average Bonchev–Trinajstić information content (AvgIpc) is 3.34. The first-order valence-electron chi connectivity index (χ1n) is 12.0. The molecule has 7 nitrogen and oxygen atoms in total. The number of benzene rings is 2. The zero-order chi connectivity index (χ0) is 26.4. The van der Waals surface area contributed by atoms with Crippen LogP contribution >= 0.6 is 46.5 Å². The van der Waals surface area contributed by atoms with Crippen molar-refractivity contribution in [3.63, 3.8) is 0 Å². The van der Waals surface area contributed by atoms with Crippen LogP contribution in [0.15, 0.2) is 52.2 Å². The second-order valence-corrected chi connectivity index (χ2v) is 11.8. The number of carbonyl (C=O) groups excluding carboxylic acids is 2. The third kappa shape index (κ3) is 7.69. The molecule has 1 fully saturated rings. The molecule has 3 N–H and O–H groups in total. The Labute approximate surface area is 235 Å². The van der Waals surface area contributed by atoms with Crippen LogP contribution in [0.1, 0.15) is 31.7 Å². The van der Waals surface area contributed by atoms with Crippen molar-refractivity contribution in [3.8, 4) is 11.3 Å². The number of anilines is 1. The molecule has 2 heterocycles. The highest BCUT2D eigenvalue weighted by Crippen LogP contribution is 2.34. The lowest BCUT2D eigenvalue weighted by atomic mass is 10.0. The van der Waals surface area contributed by atoms with E-state index in [1.165, 1.54) is 23.3 Å². The Morgan fingerprint density at radius 3 is 2.68 bits per heavy atom. The number of nitrogens with two attached hydrogens (primary N) is 1. The zero-order valence-corrected chi connectivity index (χ0v) is 23.6. The van der Waals surface area contributed by atoms with Gasteiger partial charge in [0.05, 0.1) is 15.7 Å². The number of carbonyl (C=O) groups is 2. The van der Waals surface area contributed by atoms with Crippen LogP contribution in [0.25, 0.3) is 11.3 Å². The van der Waals surface area contributed by atoms with E-state index in [9.17, 15) is 9.59 Å². The number of amides is 2. The predicted molar refractivity (Wildman–Crippen MR) is 153 cm³/mol. The lowest BCUT2D eigenvalue weighted by Gasteiger charge is -2.37. The van der Waals surface area contributed by atoms with Crippen LogP contribution in [-0.4, -0.2) is 51.7 Å². The first-order chi connectivity index (χ1) is 17.8. The van der Waals surface area contributed by atoms with Crippen molar-refractivity contribution < 1.29 is 9.59 Å². The monoisotopic (exact) mass is 577 g/mol. The highest BCUT2D eigenvalue weighted by molar-refractivity contribution is 7.99. The molecule has 0 unspecified atom stereocenters. The molecule has 1 aromatic heterocycles. The van der Waals surface area contributed by atoms with E-state index in [1.54, 1.807) is 6.92 Å². The molecule has 3 aromatic rings. The van der Waals surface area contributed by atoms with Crippen LogP contribution in [0.5, 0.6) is 0 Å². The van der Waals surface area contributed by atoms with Crippen molar-refractivity contribution in [2.45, 2.75) is 43.1 Å². The Bertz CT molecular complexity index is 1250. The van der Waals surface area contributed by atoms with E-state index in [0.717, 1.165) is 53.6 Å². The summed E-state index contributed by atoms with van der Waals surface area (Å²) in [6.07, 6.45) is 2.05. The summed E-state index contributed by atoms with van der Waals surface area (Å²) < 4.78 is 2.67. The van der Waals surface area contributed by atoms with Gasteiger partial charge in [0.2, 0.25) is 11.8 Å². The predicted octanol–water partition coefficient (Wildman–Crippen LogP) is 5.92. The van der Waals surface area contributed by atoms with E-state index in [4.69, 9.17) is 33.9 Å². The number of aromatic nitrogens is 1. The number of halogens is 2. The van der Waals surface area contributed by atoms with Gasteiger partial charge < -0.3 is 11.1 Å². The zero-order valence-electron chi connectivity index (χ0n) is 20.5. The molecule has 2 amide bonds. The summed E-state index contributed by atoms with van der Waals surface area (Å²) in [5.41, 5.74) is 9.00. The Balaban J connectivity index is 1.36. The molecular formula is C26H29Cl2N5O2S2. The van der Waals surface area contributed by atoms with E-state index in [-0.39, 0.29) is 24.3 Å². The van der Waals surface area contributed by atoms with E-state index in [2.05, 4.69) is 10.2 Å². The fourth-order valence-corrected chi connectivity index (χ4v) is 6.46. The number of thiazole rings is 1. The van der Waals surface area contributed by atoms with Gasteiger partial charge in [0.15, 0.2) is 4.34 Å². The number of piperidine rings is 1. The van der Waals surface area contributed by atoms with E-state index in [0.29, 0.717) is 22.3 Å². The lowest BCUT2D eigenvalue weighted by molar-refractivity contribution is -0.125. The minimum atomic E-state index is -0.116. The molecule has 0 saturated carbocycles. The summed E-state index contributed by atoms with van der Waals surface area (Å²) in [5, 5.41) is 5.96. The van der Waals surface area contributed by atoms with E-state index in [1.807, 2.05) is 52.1 Å². The molecule has 1 aliphatic heterocycles. The van der Waals surface area contributed by atoms with Crippen LogP contribution in [0.4, 0.5) is 5.69 Å². The Morgan fingerprint density at radius 1 is 1.19 bits per heavy atom. The van der Waals surface area contributed by atoms with E-state index < -0.39 is 0 Å². The summed E-state index contributed by atoms with van der Waals surface area (Å²) in [6, 6.07) is 13.5. The quantitative estimate of drug-likeness (QED) is 0.306. The summed E-state index contributed by atoms with van der Waals surface area (Å²) in [5.74, 6) is -0.0939. The number of nitrogens with one attached hydrogen (secondary N) is 1. The molecule has 196 valence electrons. The first kappa shape index (κ1) is 27.9. The molecule has 11 heteroatoms. The van der Waals surface area contributed by atoms with Crippen molar-refractivity contribution in [3.05, 3.63) is 63.5 Å². The smallest absolute Gasteiger partial charge is 0.229 e. The van der Waals surface area contributed by atoms with Crippen LogP contribution in [0.2, 0.25) is 10.0 Å². The van der Waals surface area contributed by atoms with Crippen LogP contribution < -0.4 is 11.1 Å². The SMILES string of the molecule is CC(=O)N(Sc1nc(-c2cccc(NC(=O)CCN)c2)cs1)C1CCN(Cc2ccc(Cl)c(Cl)c2)CC1. The maximum Gasteiger partial charge on any atom is 0.229 e. The third-order valence-electron chi connectivity index (χ3n) is 6.06. The Hall–Kier alpha value is -2.14. The van der Waals surface area contributed by atoms with Gasteiger partial charge in [-0.3, -0.25) is 18.8 Å². The van der Waals surface area contributed by atoms with Crippen molar-refractivity contribution in [1.82, 2.24) is 14.2 Å². The number of rotatable bonds is 9. The summed E-state index contributed by atoms with van der Waals surface area (Å²) in [6.45, 7) is 4.50. The third-order valence-corrected chi connectivity index (χ3v) is 8.95. The molecule has 0 radical (unpaired) electrons. The van der Waals surface area contributed by atoms with Crippen molar-refractivity contribution in [1.29, 1.82) is 0 Å². The molecule has 0 bridgehead atoms. The van der Waals surface area contributed by atoms with E-state index >= 15 is 0 Å². The molecular weight excluding hydrogens is 549 g/mol. The molecule has 2 aromatic carbocycles. The van der Waals surface area contributed by atoms with Crippen molar-refractivity contribution >= 4 is 64.0 Å². The fourth-order valence-electron chi connectivity index (χ4n) is 4.23. The van der Waals surface area contributed by atoms with Gasteiger partial charge in [-0.2, -0.15) is 0 Å². The Morgan fingerprint density at radius 2 is 1.97 bits per heavy atom. The molecule has 37 heavy (non-hydrogen) atoms. The maximum atomic E-state index is 12.6. The highest BCUT2D eigenvalue weighted by atomic mass is 35.5. The molecule has 0 atom stereocenters. The summed E-state index contributed by atoms with van der Waals surface area (Å²) in [7, 11) is 0. The van der Waals surface area contributed by atoms with Gasteiger partial charge in [-0.05, 0) is 42.7 Å². The van der Waals surface area contributed by atoms with Crippen LogP contribution in [0, 0.1) is 0 Å². The molecule has 0 spiro atoms. The van der Waals surface area contributed by atoms with Gasteiger partial charge in [0.1, 0.15) is 0 Å². The summed E-state index contributed by atoms with van der Waals surface area (Å²) in [4.78, 5) is 31.6. The van der Waals surface area contributed by atoms with Gasteiger partial charge in [-0.25, -0.2) is 4.98 Å². The van der Waals surface area contributed by atoms with Crippen LogP contribution in [0.3, 0.4) is 0 Å². The van der Waals surface area contributed by atoms with Gasteiger partial charge >= 0.3 is 0 Å². The number of hydrogen-bond donors (Lipinski definition) is 2. The van der Waals surface area contributed by atoms with Gasteiger partial charge in [0.25, 0.3) is 0 Å². The van der Waals surface area contributed by atoms with Crippen LogP contribution in [-0.2, 0) is 16.1 Å². The largest absolute Gasteiger partial charge is 0.330 e. The number of hydrogen-bond acceptors (Lipinski definition) is 7. The minimum absolute atomic E-state index is 0.0225. The Kier molecular flexibility index (Phi) is 9.86. The van der Waals surface area contributed by atoms with Gasteiger partial charge in [-0.1, -0.05) is 41.4 Å². The average molecular weight is 579 g/mol. The summed E-state index contributed by atoms with van der Waals surface area (Å²) >= 11 is 15.1. The number of likely N-dealkylation sites (tertiary alicyclic amines) is 1. The maximum absolute atomic E-state index is 12.6. The van der Waals surface area contributed by atoms with Gasteiger partial charge in [-0.15, -0.1) is 11.3 Å². The molecule has 1 aliphatic rings. The number of nitrogens with zero attached hydrogens (tertiary/aromatic N) is 3. The second-order valence-electron chi connectivity index (χ2n) is 8.86. The lowest BCUT2D eigenvalue weighted by Crippen LogP contribution is -2.43.